The van der Waals surface area contributed by atoms with Crippen LogP contribution in [0.4, 0.5) is 10.6 Å². The average Bonchev–Trinajstić information content (AvgIpc) is 3.51. The first-order chi connectivity index (χ1) is 14.2. The van der Waals surface area contributed by atoms with Gasteiger partial charge in [-0.05, 0) is 42.5 Å². The number of ether oxygens (including phenoxy) is 1. The second-order valence-corrected chi connectivity index (χ2v) is 7.87. The second-order valence-electron chi connectivity index (χ2n) is 7.87. The van der Waals surface area contributed by atoms with Crippen molar-refractivity contribution in [3.05, 3.63) is 30.0 Å². The highest BCUT2D eigenvalue weighted by Gasteiger charge is 2.30. The van der Waals surface area contributed by atoms with Crippen LogP contribution >= 0.6 is 0 Å². The maximum Gasteiger partial charge on any atom is 0.320 e. The molecule has 29 heavy (non-hydrogen) atoms. The van der Waals surface area contributed by atoms with Gasteiger partial charge in [0, 0.05) is 43.7 Å². The molecule has 8 nitrogen and oxygen atoms in total. The van der Waals surface area contributed by atoms with E-state index in [-0.39, 0.29) is 17.9 Å². The Hall–Kier alpha value is -2.87. The Kier molecular flexibility index (Phi) is 4.71. The van der Waals surface area contributed by atoms with Crippen LogP contribution in [0.5, 0.6) is 0 Å². The van der Waals surface area contributed by atoms with E-state index in [1.165, 1.54) is 5.57 Å². The Morgan fingerprint density at radius 3 is 2.72 bits per heavy atom. The molecule has 0 unspecified atom stereocenters. The van der Waals surface area contributed by atoms with Crippen LogP contribution in [0, 0.1) is 5.92 Å². The first-order valence-corrected chi connectivity index (χ1v) is 10.3. The van der Waals surface area contributed by atoms with E-state index in [1.807, 2.05) is 28.1 Å². The SMILES string of the molecule is O=C(Nc1cc(C2=CCN(C(=O)N3CCOCC3)CC2)c2cc[nH]c2n1)C1CC1. The van der Waals surface area contributed by atoms with Crippen molar-refractivity contribution in [1.82, 2.24) is 19.8 Å². The molecule has 2 fully saturated rings. The van der Waals surface area contributed by atoms with Gasteiger partial charge in [0.05, 0.1) is 13.2 Å². The lowest BCUT2D eigenvalue weighted by molar-refractivity contribution is -0.117. The van der Waals surface area contributed by atoms with Gasteiger partial charge in [0.2, 0.25) is 5.91 Å². The Morgan fingerprint density at radius 1 is 1.17 bits per heavy atom. The molecule has 1 aliphatic carbocycles. The maximum absolute atomic E-state index is 12.7. The zero-order chi connectivity index (χ0) is 19.8. The number of H-pyrrole nitrogens is 1. The Morgan fingerprint density at radius 2 is 2.00 bits per heavy atom. The number of pyridine rings is 1. The number of urea groups is 1. The lowest BCUT2D eigenvalue weighted by Gasteiger charge is -2.34. The van der Waals surface area contributed by atoms with Crippen molar-refractivity contribution < 1.29 is 14.3 Å². The number of amides is 3. The van der Waals surface area contributed by atoms with Crippen molar-refractivity contribution >= 4 is 34.4 Å². The number of hydrogen-bond donors (Lipinski definition) is 2. The van der Waals surface area contributed by atoms with Crippen molar-refractivity contribution in [2.75, 3.05) is 44.7 Å². The lowest BCUT2D eigenvalue weighted by atomic mass is 9.97. The third-order valence-electron chi connectivity index (χ3n) is 5.84. The molecule has 2 aromatic heterocycles. The van der Waals surface area contributed by atoms with Gasteiger partial charge < -0.3 is 24.8 Å². The molecular weight excluding hydrogens is 370 g/mol. The number of fused-ring (bicyclic) bond motifs is 1. The summed E-state index contributed by atoms with van der Waals surface area (Å²) in [6, 6.07) is 4.06. The van der Waals surface area contributed by atoms with Crippen LogP contribution in [-0.4, -0.2) is 71.1 Å². The predicted molar refractivity (Wildman–Crippen MR) is 109 cm³/mol. The molecular formula is C21H25N5O3. The van der Waals surface area contributed by atoms with Gasteiger partial charge in [-0.3, -0.25) is 4.79 Å². The third kappa shape index (κ3) is 3.72. The highest BCUT2D eigenvalue weighted by Crippen LogP contribution is 2.33. The summed E-state index contributed by atoms with van der Waals surface area (Å²) >= 11 is 0. The molecule has 5 rings (SSSR count). The zero-order valence-corrected chi connectivity index (χ0v) is 16.3. The molecule has 2 N–H and O–H groups in total. The maximum atomic E-state index is 12.7. The van der Waals surface area contributed by atoms with Gasteiger partial charge in [-0.25, -0.2) is 9.78 Å². The molecule has 0 bridgehead atoms. The number of anilines is 1. The minimum atomic E-state index is 0.0502. The third-order valence-corrected chi connectivity index (χ3v) is 5.84. The highest BCUT2D eigenvalue weighted by atomic mass is 16.5. The van der Waals surface area contributed by atoms with Crippen LogP contribution in [0.25, 0.3) is 16.6 Å². The first-order valence-electron chi connectivity index (χ1n) is 10.3. The van der Waals surface area contributed by atoms with Crippen LogP contribution in [0.3, 0.4) is 0 Å². The number of aromatic nitrogens is 2. The van der Waals surface area contributed by atoms with Crippen molar-refractivity contribution in [1.29, 1.82) is 0 Å². The molecule has 152 valence electrons. The zero-order valence-electron chi connectivity index (χ0n) is 16.3. The molecule has 3 aliphatic rings. The normalized spacial score (nSPS) is 19.9. The fourth-order valence-corrected chi connectivity index (χ4v) is 3.98. The van der Waals surface area contributed by atoms with E-state index in [0.29, 0.717) is 45.2 Å². The van der Waals surface area contributed by atoms with Crippen LogP contribution in [0.1, 0.15) is 24.8 Å². The topological polar surface area (TPSA) is 90.6 Å². The highest BCUT2D eigenvalue weighted by molar-refractivity contribution is 5.97. The number of nitrogens with zero attached hydrogens (tertiary/aromatic N) is 3. The summed E-state index contributed by atoms with van der Waals surface area (Å²) in [5.41, 5.74) is 3.02. The summed E-state index contributed by atoms with van der Waals surface area (Å²) in [6.07, 6.45) is 6.68. The van der Waals surface area contributed by atoms with Crippen molar-refractivity contribution in [3.8, 4) is 0 Å². The van der Waals surface area contributed by atoms with Gasteiger partial charge in [-0.2, -0.15) is 0 Å². The number of morpholine rings is 1. The fraction of sp³-hybridized carbons (Fsp3) is 0.476. The van der Waals surface area contributed by atoms with Gasteiger partial charge >= 0.3 is 6.03 Å². The number of hydrogen-bond acceptors (Lipinski definition) is 4. The van der Waals surface area contributed by atoms with E-state index in [9.17, 15) is 9.59 Å². The van der Waals surface area contributed by atoms with Gasteiger partial charge in [-0.15, -0.1) is 0 Å². The van der Waals surface area contributed by atoms with Crippen LogP contribution in [0.15, 0.2) is 24.4 Å². The van der Waals surface area contributed by atoms with Crippen molar-refractivity contribution in [2.45, 2.75) is 19.3 Å². The monoisotopic (exact) mass is 395 g/mol. The molecule has 1 saturated heterocycles. The smallest absolute Gasteiger partial charge is 0.320 e. The predicted octanol–water partition coefficient (Wildman–Crippen LogP) is 2.45. The first kappa shape index (κ1) is 18.2. The molecule has 0 radical (unpaired) electrons. The van der Waals surface area contributed by atoms with E-state index >= 15 is 0 Å². The van der Waals surface area contributed by atoms with E-state index in [0.717, 1.165) is 35.9 Å². The molecule has 3 amide bonds. The molecule has 0 aromatic carbocycles. The van der Waals surface area contributed by atoms with E-state index in [4.69, 9.17) is 4.74 Å². The molecule has 4 heterocycles. The minimum absolute atomic E-state index is 0.0502. The summed E-state index contributed by atoms with van der Waals surface area (Å²) < 4.78 is 5.34. The van der Waals surface area contributed by atoms with E-state index in [1.54, 1.807) is 0 Å². The Bertz CT molecular complexity index is 972. The van der Waals surface area contributed by atoms with Crippen molar-refractivity contribution in [2.24, 2.45) is 5.92 Å². The summed E-state index contributed by atoms with van der Waals surface area (Å²) in [5, 5.41) is 3.99. The molecule has 0 spiro atoms. The summed E-state index contributed by atoms with van der Waals surface area (Å²) in [5.74, 6) is 0.766. The summed E-state index contributed by atoms with van der Waals surface area (Å²) in [6.45, 7) is 3.80. The fourth-order valence-electron chi connectivity index (χ4n) is 3.98. The molecule has 1 saturated carbocycles. The molecule has 0 atom stereocenters. The number of carbonyl (C=O) groups is 2. The van der Waals surface area contributed by atoms with E-state index in [2.05, 4.69) is 21.4 Å². The average molecular weight is 395 g/mol. The number of aromatic amines is 1. The van der Waals surface area contributed by atoms with Crippen LogP contribution in [0.2, 0.25) is 0 Å². The standard InChI is InChI=1S/C21H25N5O3/c27-20(15-1-2-15)24-18-13-17(16-3-6-22-19(16)23-18)14-4-7-25(8-5-14)21(28)26-9-11-29-12-10-26/h3-4,6,13,15H,1-2,5,7-12H2,(H2,22,23,24,27). The van der Waals surface area contributed by atoms with Crippen LogP contribution in [-0.2, 0) is 9.53 Å². The van der Waals surface area contributed by atoms with E-state index < -0.39 is 0 Å². The van der Waals surface area contributed by atoms with Gasteiger partial charge in [0.1, 0.15) is 11.5 Å². The van der Waals surface area contributed by atoms with Crippen LogP contribution < -0.4 is 5.32 Å². The second kappa shape index (κ2) is 7.51. The largest absolute Gasteiger partial charge is 0.378 e. The quantitative estimate of drug-likeness (QED) is 0.835. The minimum Gasteiger partial charge on any atom is -0.378 e. The molecule has 8 heteroatoms. The lowest BCUT2D eigenvalue weighted by Crippen LogP contribution is -2.49. The Balaban J connectivity index is 1.36. The Labute approximate surface area is 168 Å². The number of nitrogens with one attached hydrogen (secondary N) is 2. The number of rotatable bonds is 3. The van der Waals surface area contributed by atoms with Gasteiger partial charge in [0.25, 0.3) is 0 Å². The molecule has 2 aliphatic heterocycles. The molecule has 2 aromatic rings. The number of carbonyl (C=O) groups excluding carboxylic acids is 2. The summed E-state index contributed by atoms with van der Waals surface area (Å²) in [4.78, 5) is 36.3. The van der Waals surface area contributed by atoms with Gasteiger partial charge in [-0.1, -0.05) is 6.08 Å². The van der Waals surface area contributed by atoms with Gasteiger partial charge in [0.15, 0.2) is 0 Å². The van der Waals surface area contributed by atoms with Crippen molar-refractivity contribution in [3.63, 3.8) is 0 Å². The summed E-state index contributed by atoms with van der Waals surface area (Å²) in [7, 11) is 0.